The van der Waals surface area contributed by atoms with Crippen molar-refractivity contribution in [3.8, 4) is 0 Å². The van der Waals surface area contributed by atoms with E-state index in [1.165, 1.54) is 9.47 Å². The highest BCUT2D eigenvalue weighted by molar-refractivity contribution is 5.79. The summed E-state index contributed by atoms with van der Waals surface area (Å²) in [5, 5.41) is 0. The van der Waals surface area contributed by atoms with E-state index in [0.29, 0.717) is 0 Å². The standard InChI is InChI=1S/C10F20O6/c11-4(12,13)2(33-7(19,20)21,34-8(22,23)24)1(31)32-6(17,18)3(5(14,15)16,35-9(25,26)27)36-10(28,29)30. The summed E-state index contributed by atoms with van der Waals surface area (Å²) in [5.74, 6) is -20.4. The van der Waals surface area contributed by atoms with Gasteiger partial charge in [-0.15, -0.1) is 52.7 Å². The molecular weight excluding hydrogens is 596 g/mol. The van der Waals surface area contributed by atoms with Crippen molar-refractivity contribution < 1.29 is 116 Å². The lowest BCUT2D eigenvalue weighted by Gasteiger charge is -2.40. The molecule has 0 N–H and O–H groups in total. The van der Waals surface area contributed by atoms with Crippen LogP contribution in [0.25, 0.3) is 0 Å². The second-order valence-corrected chi connectivity index (χ2v) is 5.33. The van der Waals surface area contributed by atoms with Crippen LogP contribution in [-0.4, -0.2) is 61.5 Å². The second kappa shape index (κ2) is 9.34. The average Bonchev–Trinajstić information content (AvgIpc) is 2.44. The van der Waals surface area contributed by atoms with Crippen LogP contribution in [0.2, 0.25) is 0 Å². The van der Waals surface area contributed by atoms with E-state index in [2.05, 4.69) is 0 Å². The molecule has 0 bridgehead atoms. The Morgan fingerprint density at radius 3 is 0.889 bits per heavy atom. The van der Waals surface area contributed by atoms with Gasteiger partial charge >= 0.3 is 61.5 Å². The Kier molecular flexibility index (Phi) is 8.79. The van der Waals surface area contributed by atoms with Crippen molar-refractivity contribution in [2.45, 2.75) is 55.5 Å². The van der Waals surface area contributed by atoms with Crippen LogP contribution < -0.4 is 0 Å². The molecule has 0 saturated carbocycles. The van der Waals surface area contributed by atoms with Gasteiger partial charge in [0.25, 0.3) is 0 Å². The molecular formula is C10F20O6. The first-order valence-corrected chi connectivity index (χ1v) is 7.03. The van der Waals surface area contributed by atoms with Crippen LogP contribution in [0.3, 0.4) is 0 Å². The number of esters is 1. The number of rotatable bonds is 7. The fourth-order valence-electron chi connectivity index (χ4n) is 1.66. The van der Waals surface area contributed by atoms with E-state index >= 15 is 0 Å². The number of halogens is 20. The SMILES string of the molecule is O=C(OC(F)(F)C(OC(F)(F)F)(OC(F)(F)F)C(F)(F)F)C(OC(F)(F)F)(OC(F)(F)F)C(F)(F)F. The van der Waals surface area contributed by atoms with Crippen molar-refractivity contribution >= 4 is 5.97 Å². The molecule has 0 amide bonds. The molecule has 0 aromatic carbocycles. The molecule has 0 aliphatic carbocycles. The van der Waals surface area contributed by atoms with Gasteiger partial charge in [-0.2, -0.15) is 35.1 Å². The van der Waals surface area contributed by atoms with Crippen molar-refractivity contribution in [1.82, 2.24) is 0 Å². The lowest BCUT2D eigenvalue weighted by Crippen LogP contribution is -2.69. The Hall–Kier alpha value is -2.09. The van der Waals surface area contributed by atoms with Gasteiger partial charge in [0.1, 0.15) is 0 Å². The van der Waals surface area contributed by atoms with Crippen LogP contribution in [0.15, 0.2) is 0 Å². The van der Waals surface area contributed by atoms with E-state index in [0.717, 1.165) is 0 Å². The highest BCUT2D eigenvalue weighted by Crippen LogP contribution is 2.53. The highest BCUT2D eigenvalue weighted by Gasteiger charge is 2.83. The predicted octanol–water partition coefficient (Wildman–Crippen LogP) is 5.79. The van der Waals surface area contributed by atoms with Crippen molar-refractivity contribution in [2.24, 2.45) is 0 Å². The maximum atomic E-state index is 13.9. The third-order valence-corrected chi connectivity index (χ3v) is 2.66. The minimum absolute atomic E-state index is 1.43. The van der Waals surface area contributed by atoms with Crippen LogP contribution in [0.5, 0.6) is 0 Å². The van der Waals surface area contributed by atoms with Crippen molar-refractivity contribution in [3.05, 3.63) is 0 Å². The molecule has 0 saturated heterocycles. The predicted molar refractivity (Wildman–Crippen MR) is 57.2 cm³/mol. The van der Waals surface area contributed by atoms with E-state index in [4.69, 9.17) is 0 Å². The molecule has 0 heterocycles. The zero-order chi connectivity index (χ0) is 29.6. The summed E-state index contributed by atoms with van der Waals surface area (Å²) in [7, 11) is 0. The van der Waals surface area contributed by atoms with Gasteiger partial charge < -0.3 is 4.74 Å². The zero-order valence-corrected chi connectivity index (χ0v) is 15.0. The number of ether oxygens (including phenoxy) is 5. The molecule has 0 radical (unpaired) electrons. The van der Waals surface area contributed by atoms with Gasteiger partial charge in [-0.05, 0) is 0 Å². The maximum Gasteiger partial charge on any atom is 0.525 e. The van der Waals surface area contributed by atoms with E-state index < -0.39 is 61.5 Å². The molecule has 0 fully saturated rings. The molecule has 0 unspecified atom stereocenters. The van der Waals surface area contributed by atoms with Crippen LogP contribution in [0.1, 0.15) is 0 Å². The first kappa shape index (κ1) is 33.9. The fourth-order valence-corrected chi connectivity index (χ4v) is 1.66. The quantitative estimate of drug-likeness (QED) is 0.211. The molecule has 36 heavy (non-hydrogen) atoms. The van der Waals surface area contributed by atoms with Gasteiger partial charge in [0.05, 0.1) is 0 Å². The summed E-state index contributed by atoms with van der Waals surface area (Å²) in [4.78, 5) is 11.3. The molecule has 0 aliphatic heterocycles. The number of alkyl halides is 20. The van der Waals surface area contributed by atoms with Gasteiger partial charge in [0.15, 0.2) is 0 Å². The molecule has 216 valence electrons. The van der Waals surface area contributed by atoms with Crippen molar-refractivity contribution in [1.29, 1.82) is 0 Å². The summed E-state index contributed by atoms with van der Waals surface area (Å²) in [5.41, 5.74) is 0. The maximum absolute atomic E-state index is 13.9. The lowest BCUT2D eigenvalue weighted by molar-refractivity contribution is -0.583. The summed E-state index contributed by atoms with van der Waals surface area (Å²) in [6.45, 7) is 0. The largest absolute Gasteiger partial charge is 0.525 e. The minimum Gasteiger partial charge on any atom is -0.392 e. The Labute approximate surface area is 179 Å². The Bertz CT molecular complexity index is 733. The van der Waals surface area contributed by atoms with E-state index in [9.17, 15) is 92.6 Å². The first-order valence-electron chi connectivity index (χ1n) is 7.03. The number of hydrogen-bond acceptors (Lipinski definition) is 6. The van der Waals surface area contributed by atoms with Crippen LogP contribution >= 0.6 is 0 Å². The van der Waals surface area contributed by atoms with Gasteiger partial charge in [0.2, 0.25) is 0 Å². The first-order chi connectivity index (χ1) is 15.2. The van der Waals surface area contributed by atoms with Crippen LogP contribution in [-0.2, 0) is 28.5 Å². The van der Waals surface area contributed by atoms with Crippen LogP contribution in [0.4, 0.5) is 87.8 Å². The van der Waals surface area contributed by atoms with Crippen molar-refractivity contribution in [2.75, 3.05) is 0 Å². The Balaban J connectivity index is 7.19. The molecule has 0 aromatic rings. The molecule has 6 nitrogen and oxygen atoms in total. The highest BCUT2D eigenvalue weighted by atomic mass is 19.4. The minimum atomic E-state index is -8.05. The van der Waals surface area contributed by atoms with Gasteiger partial charge in [0, 0.05) is 0 Å². The normalized spacial score (nSPS) is 15.8. The van der Waals surface area contributed by atoms with Gasteiger partial charge in [-0.25, -0.2) is 23.7 Å². The average molecular weight is 596 g/mol. The molecule has 26 heteroatoms. The molecule has 0 rings (SSSR count). The van der Waals surface area contributed by atoms with E-state index in [1.54, 1.807) is 14.2 Å². The lowest BCUT2D eigenvalue weighted by atomic mass is 10.2. The third kappa shape index (κ3) is 8.49. The summed E-state index contributed by atoms with van der Waals surface area (Å²) in [6.07, 6.45) is -53.0. The number of hydrogen-bond donors (Lipinski definition) is 0. The van der Waals surface area contributed by atoms with Crippen molar-refractivity contribution in [3.63, 3.8) is 0 Å². The zero-order valence-electron chi connectivity index (χ0n) is 15.0. The monoisotopic (exact) mass is 596 g/mol. The number of carbonyl (C=O) groups is 1. The number of carbonyl (C=O) groups excluding carboxylic acids is 1. The molecule has 0 spiro atoms. The van der Waals surface area contributed by atoms with Crippen LogP contribution in [0, 0.1) is 0 Å². The second-order valence-electron chi connectivity index (χ2n) is 5.33. The Morgan fingerprint density at radius 1 is 0.417 bits per heavy atom. The fraction of sp³-hybridized carbons (Fsp3) is 0.900. The smallest absolute Gasteiger partial charge is 0.392 e. The third-order valence-electron chi connectivity index (χ3n) is 2.66. The summed E-state index contributed by atoms with van der Waals surface area (Å²) >= 11 is 0. The Morgan fingerprint density at radius 2 is 0.694 bits per heavy atom. The van der Waals surface area contributed by atoms with Gasteiger partial charge in [-0.3, -0.25) is 0 Å². The molecule has 0 aliphatic rings. The molecule has 0 atom stereocenters. The summed E-state index contributed by atoms with van der Waals surface area (Å²) in [6, 6.07) is 0. The molecule has 0 aromatic heterocycles. The summed E-state index contributed by atoms with van der Waals surface area (Å²) < 4.78 is 260. The van der Waals surface area contributed by atoms with E-state index in [1.807, 2.05) is 0 Å². The van der Waals surface area contributed by atoms with E-state index in [-0.39, 0.29) is 0 Å². The van der Waals surface area contributed by atoms with Gasteiger partial charge in [-0.1, -0.05) is 0 Å². The topological polar surface area (TPSA) is 63.2 Å².